The Labute approximate surface area is 292 Å². The average Bonchev–Trinajstić information content (AvgIpc) is 3.88. The van der Waals surface area contributed by atoms with Gasteiger partial charge in [0.2, 0.25) is 0 Å². The summed E-state index contributed by atoms with van der Waals surface area (Å²) in [6.07, 6.45) is 14.2. The standard InChI is InChI=1S/C42H42FN7/c1-4-11-36(32-19-31(20-34(43)21-32)14-10-17-50-15-8-9-16-50)37-23-40(47-29(37)3)42-38-24-39(45-27-41(38)48-49-42)33-22-35(26-44-25-33)46-28(2)18-30-12-6-5-7-13-30/h4-7,11-13,19-27,46-47H,1-2,8-10,14-18H2,3H3,(H,48,49)/b36-11-. The molecule has 6 aromatic rings. The van der Waals surface area contributed by atoms with E-state index in [0.29, 0.717) is 6.42 Å². The second-order valence-corrected chi connectivity index (χ2v) is 13.1. The van der Waals surface area contributed by atoms with Gasteiger partial charge in [0.25, 0.3) is 0 Å². The second-order valence-electron chi connectivity index (χ2n) is 13.1. The van der Waals surface area contributed by atoms with Gasteiger partial charge in [-0.05, 0) is 105 Å². The van der Waals surface area contributed by atoms with Crippen molar-refractivity contribution in [2.24, 2.45) is 0 Å². The first-order valence-electron chi connectivity index (χ1n) is 17.3. The highest BCUT2D eigenvalue weighted by Crippen LogP contribution is 2.35. The monoisotopic (exact) mass is 663 g/mol. The maximum absolute atomic E-state index is 15.0. The molecule has 7 rings (SSSR count). The predicted octanol–water partition coefficient (Wildman–Crippen LogP) is 9.28. The molecule has 5 heterocycles. The van der Waals surface area contributed by atoms with Crippen molar-refractivity contribution >= 4 is 22.2 Å². The van der Waals surface area contributed by atoms with Gasteiger partial charge in [0, 0.05) is 40.5 Å². The lowest BCUT2D eigenvalue weighted by Crippen LogP contribution is -2.20. The van der Waals surface area contributed by atoms with E-state index in [2.05, 4.69) is 67.8 Å². The number of benzene rings is 2. The number of H-pyrrole nitrogens is 2. The van der Waals surface area contributed by atoms with E-state index in [-0.39, 0.29) is 5.82 Å². The SMILES string of the molecule is C=C/C=C(/c1cc(F)cc(CCCN2CCCC2)c1)c1cc(-c2n[nH]c3cnc(-c4cncc(NC(=C)Cc5ccccc5)c4)cc23)[nH]c1C. The second kappa shape index (κ2) is 14.9. The minimum absolute atomic E-state index is 0.227. The number of nitrogens with zero attached hydrogens (tertiary/aromatic N) is 4. The minimum Gasteiger partial charge on any atom is -0.358 e. The van der Waals surface area contributed by atoms with Gasteiger partial charge in [-0.1, -0.05) is 61.7 Å². The van der Waals surface area contributed by atoms with Gasteiger partial charge >= 0.3 is 0 Å². The molecule has 3 N–H and O–H groups in total. The lowest BCUT2D eigenvalue weighted by Gasteiger charge is -2.15. The van der Waals surface area contributed by atoms with Crippen molar-refractivity contribution in [3.63, 3.8) is 0 Å². The molecule has 2 aromatic carbocycles. The number of hydrogen-bond donors (Lipinski definition) is 3. The molecule has 8 heteroatoms. The summed E-state index contributed by atoms with van der Waals surface area (Å²) in [4.78, 5) is 15.2. The Bertz CT molecular complexity index is 2170. The van der Waals surface area contributed by atoms with Crippen molar-refractivity contribution in [1.82, 2.24) is 30.0 Å². The Hall–Kier alpha value is -5.60. The van der Waals surface area contributed by atoms with Gasteiger partial charge in [0.05, 0.1) is 35.0 Å². The number of allylic oxidation sites excluding steroid dienone is 3. The maximum atomic E-state index is 15.0. The number of nitrogens with one attached hydrogen (secondary N) is 3. The molecule has 0 aliphatic carbocycles. The zero-order valence-corrected chi connectivity index (χ0v) is 28.5. The van der Waals surface area contributed by atoms with E-state index in [0.717, 1.165) is 92.3 Å². The molecular formula is C42H42FN7. The normalized spacial score (nSPS) is 13.6. The Morgan fingerprint density at radius 3 is 2.66 bits per heavy atom. The van der Waals surface area contributed by atoms with Crippen LogP contribution in [0.15, 0.2) is 116 Å². The Morgan fingerprint density at radius 1 is 1.00 bits per heavy atom. The van der Waals surface area contributed by atoms with Crippen LogP contribution in [0.3, 0.4) is 0 Å². The summed E-state index contributed by atoms with van der Waals surface area (Å²) >= 11 is 0. The molecule has 50 heavy (non-hydrogen) atoms. The number of likely N-dealkylation sites (tertiary alicyclic amines) is 1. The van der Waals surface area contributed by atoms with Gasteiger partial charge in [-0.25, -0.2) is 4.39 Å². The van der Waals surface area contributed by atoms with Gasteiger partial charge in [-0.2, -0.15) is 5.10 Å². The molecule has 4 aromatic heterocycles. The van der Waals surface area contributed by atoms with Crippen molar-refractivity contribution in [1.29, 1.82) is 0 Å². The fourth-order valence-corrected chi connectivity index (χ4v) is 6.91. The summed E-state index contributed by atoms with van der Waals surface area (Å²) in [6.45, 7) is 13.6. The molecule has 0 atom stereocenters. The fraction of sp³-hybridized carbons (Fsp3) is 0.214. The smallest absolute Gasteiger partial charge is 0.124 e. The summed E-state index contributed by atoms with van der Waals surface area (Å²) in [7, 11) is 0. The van der Waals surface area contributed by atoms with Crippen LogP contribution in [0.2, 0.25) is 0 Å². The van der Waals surface area contributed by atoms with Crippen LogP contribution in [0, 0.1) is 12.7 Å². The van der Waals surface area contributed by atoms with Crippen LogP contribution >= 0.6 is 0 Å². The molecule has 7 nitrogen and oxygen atoms in total. The van der Waals surface area contributed by atoms with Gasteiger partial charge in [-0.15, -0.1) is 0 Å². The van der Waals surface area contributed by atoms with E-state index in [1.165, 1.54) is 31.5 Å². The number of halogens is 1. The van der Waals surface area contributed by atoms with E-state index < -0.39 is 0 Å². The summed E-state index contributed by atoms with van der Waals surface area (Å²) < 4.78 is 15.0. The van der Waals surface area contributed by atoms with E-state index in [4.69, 9.17) is 4.98 Å². The lowest BCUT2D eigenvalue weighted by molar-refractivity contribution is 0.334. The van der Waals surface area contributed by atoms with Crippen molar-refractivity contribution in [2.45, 2.75) is 39.0 Å². The molecule has 0 spiro atoms. The van der Waals surface area contributed by atoms with Crippen molar-refractivity contribution in [2.75, 3.05) is 25.0 Å². The molecule has 1 aliphatic rings. The molecule has 0 amide bonds. The first-order valence-corrected chi connectivity index (χ1v) is 17.3. The first kappa shape index (κ1) is 32.9. The Kier molecular flexibility index (Phi) is 9.80. The summed E-state index contributed by atoms with van der Waals surface area (Å²) in [5.41, 5.74) is 11.7. The number of rotatable bonds is 13. The topological polar surface area (TPSA) is 85.5 Å². The maximum Gasteiger partial charge on any atom is 0.124 e. The summed E-state index contributed by atoms with van der Waals surface area (Å²) in [5.74, 6) is -0.227. The first-order chi connectivity index (χ1) is 24.4. The van der Waals surface area contributed by atoms with E-state index in [1.54, 1.807) is 30.6 Å². The number of aromatic nitrogens is 5. The highest BCUT2D eigenvalue weighted by Gasteiger charge is 2.18. The summed E-state index contributed by atoms with van der Waals surface area (Å²) in [6, 6.07) is 21.8. The molecule has 1 saturated heterocycles. The van der Waals surface area contributed by atoms with Gasteiger partial charge in [0.15, 0.2) is 0 Å². The van der Waals surface area contributed by atoms with E-state index in [9.17, 15) is 0 Å². The molecular weight excluding hydrogens is 622 g/mol. The van der Waals surface area contributed by atoms with Crippen molar-refractivity contribution in [3.05, 3.63) is 150 Å². The Balaban J connectivity index is 1.14. The largest absolute Gasteiger partial charge is 0.358 e. The van der Waals surface area contributed by atoms with E-state index >= 15 is 4.39 Å². The number of aryl methyl sites for hydroxylation is 2. The third-order valence-electron chi connectivity index (χ3n) is 9.31. The van der Waals surface area contributed by atoms with Crippen LogP contribution < -0.4 is 5.32 Å². The Morgan fingerprint density at radius 2 is 1.84 bits per heavy atom. The fourth-order valence-electron chi connectivity index (χ4n) is 6.91. The average molecular weight is 664 g/mol. The van der Waals surface area contributed by atoms with Gasteiger partial charge in [0.1, 0.15) is 11.5 Å². The van der Waals surface area contributed by atoms with Crippen LogP contribution in [0.5, 0.6) is 0 Å². The number of pyridine rings is 2. The van der Waals surface area contributed by atoms with Gasteiger partial charge in [-0.3, -0.25) is 15.1 Å². The quantitative estimate of drug-likeness (QED) is 0.107. The zero-order valence-electron chi connectivity index (χ0n) is 28.5. The molecule has 0 saturated carbocycles. The number of fused-ring (bicyclic) bond motifs is 1. The van der Waals surface area contributed by atoms with Crippen LogP contribution in [-0.2, 0) is 12.8 Å². The van der Waals surface area contributed by atoms with Crippen LogP contribution in [-0.4, -0.2) is 49.7 Å². The number of hydrogen-bond acceptors (Lipinski definition) is 5. The molecule has 0 bridgehead atoms. The summed E-state index contributed by atoms with van der Waals surface area (Å²) in [5, 5.41) is 12.1. The number of anilines is 1. The predicted molar refractivity (Wildman–Crippen MR) is 202 cm³/mol. The van der Waals surface area contributed by atoms with Gasteiger partial charge < -0.3 is 15.2 Å². The van der Waals surface area contributed by atoms with Crippen LogP contribution in [0.4, 0.5) is 10.1 Å². The highest BCUT2D eigenvalue weighted by atomic mass is 19.1. The highest BCUT2D eigenvalue weighted by molar-refractivity contribution is 5.95. The molecule has 0 radical (unpaired) electrons. The van der Waals surface area contributed by atoms with Crippen LogP contribution in [0.1, 0.15) is 47.2 Å². The van der Waals surface area contributed by atoms with Crippen LogP contribution in [0.25, 0.3) is 39.1 Å². The molecule has 252 valence electrons. The third-order valence-corrected chi connectivity index (χ3v) is 9.31. The van der Waals surface area contributed by atoms with Crippen molar-refractivity contribution in [3.8, 4) is 22.6 Å². The third kappa shape index (κ3) is 7.51. The zero-order chi connectivity index (χ0) is 34.5. The van der Waals surface area contributed by atoms with Crippen molar-refractivity contribution < 1.29 is 4.39 Å². The number of aromatic amines is 2. The molecule has 1 fully saturated rings. The van der Waals surface area contributed by atoms with E-state index in [1.807, 2.05) is 49.5 Å². The minimum atomic E-state index is -0.227. The molecule has 0 unspecified atom stereocenters. The lowest BCUT2D eigenvalue weighted by atomic mass is 9.94. The molecule has 1 aliphatic heterocycles.